The predicted molar refractivity (Wildman–Crippen MR) is 56.3 cm³/mol. The van der Waals surface area contributed by atoms with E-state index < -0.39 is 0 Å². The van der Waals surface area contributed by atoms with Crippen LogP contribution < -0.4 is 10.6 Å². The van der Waals surface area contributed by atoms with Crippen molar-refractivity contribution in [2.24, 2.45) is 0 Å². The first-order valence-electron chi connectivity index (χ1n) is 5.35. The van der Waals surface area contributed by atoms with E-state index in [0.717, 1.165) is 25.9 Å². The maximum Gasteiger partial charge on any atom is 0.237 e. The van der Waals surface area contributed by atoms with Crippen LogP contribution in [-0.2, 0) is 11.3 Å². The van der Waals surface area contributed by atoms with Gasteiger partial charge in [-0.15, -0.1) is 0 Å². The number of rotatable bonds is 4. The molecular formula is C10H16N4O. The van der Waals surface area contributed by atoms with Crippen molar-refractivity contribution in [3.8, 4) is 0 Å². The Labute approximate surface area is 88.8 Å². The van der Waals surface area contributed by atoms with Crippen LogP contribution in [0.4, 0.5) is 0 Å². The molecular weight excluding hydrogens is 192 g/mol. The number of carbonyl (C=O) groups is 1. The standard InChI is InChI=1S/C10H16N4O/c15-10(9-3-1-4-11-9)12-6-8-14-7-2-5-13-14/h2,5,7,9,11H,1,3-4,6,8H2,(H,12,15)/t9-/m1/s1. The van der Waals surface area contributed by atoms with Crippen molar-refractivity contribution < 1.29 is 4.79 Å². The van der Waals surface area contributed by atoms with E-state index in [-0.39, 0.29) is 11.9 Å². The summed E-state index contributed by atoms with van der Waals surface area (Å²) in [6.07, 6.45) is 5.67. The van der Waals surface area contributed by atoms with Gasteiger partial charge in [-0.05, 0) is 25.5 Å². The monoisotopic (exact) mass is 208 g/mol. The molecule has 5 nitrogen and oxygen atoms in total. The number of nitrogens with one attached hydrogen (secondary N) is 2. The van der Waals surface area contributed by atoms with Gasteiger partial charge in [0.25, 0.3) is 0 Å². The smallest absolute Gasteiger partial charge is 0.237 e. The van der Waals surface area contributed by atoms with Crippen molar-refractivity contribution in [1.82, 2.24) is 20.4 Å². The summed E-state index contributed by atoms with van der Waals surface area (Å²) in [6.45, 7) is 2.32. The van der Waals surface area contributed by atoms with Crippen LogP contribution in [0.3, 0.4) is 0 Å². The van der Waals surface area contributed by atoms with Crippen LogP contribution in [0.25, 0.3) is 0 Å². The number of hydrogen-bond acceptors (Lipinski definition) is 3. The highest BCUT2D eigenvalue weighted by Crippen LogP contribution is 2.04. The summed E-state index contributed by atoms with van der Waals surface area (Å²) in [4.78, 5) is 11.6. The normalized spacial score (nSPS) is 20.4. The summed E-state index contributed by atoms with van der Waals surface area (Å²) in [5.41, 5.74) is 0. The van der Waals surface area contributed by atoms with Crippen molar-refractivity contribution in [2.75, 3.05) is 13.1 Å². The van der Waals surface area contributed by atoms with Crippen molar-refractivity contribution in [3.05, 3.63) is 18.5 Å². The second-order valence-corrected chi connectivity index (χ2v) is 3.71. The summed E-state index contributed by atoms with van der Waals surface area (Å²) in [6, 6.07) is 1.89. The lowest BCUT2D eigenvalue weighted by Gasteiger charge is -2.10. The summed E-state index contributed by atoms with van der Waals surface area (Å²) in [7, 11) is 0. The Kier molecular flexibility index (Phi) is 3.34. The van der Waals surface area contributed by atoms with E-state index in [1.807, 2.05) is 16.9 Å². The third kappa shape index (κ3) is 2.79. The Morgan fingerprint density at radius 2 is 2.60 bits per heavy atom. The lowest BCUT2D eigenvalue weighted by Crippen LogP contribution is -2.41. The van der Waals surface area contributed by atoms with E-state index in [1.54, 1.807) is 6.20 Å². The maximum absolute atomic E-state index is 11.6. The topological polar surface area (TPSA) is 59.0 Å². The van der Waals surface area contributed by atoms with Gasteiger partial charge in [0.1, 0.15) is 0 Å². The first-order chi connectivity index (χ1) is 7.36. The van der Waals surface area contributed by atoms with Crippen LogP contribution in [0.1, 0.15) is 12.8 Å². The summed E-state index contributed by atoms with van der Waals surface area (Å²) >= 11 is 0. The molecule has 1 aliphatic heterocycles. The lowest BCUT2D eigenvalue weighted by atomic mass is 10.2. The zero-order valence-corrected chi connectivity index (χ0v) is 8.65. The van der Waals surface area contributed by atoms with Crippen molar-refractivity contribution >= 4 is 5.91 Å². The quantitative estimate of drug-likeness (QED) is 0.717. The van der Waals surface area contributed by atoms with Crippen LogP contribution in [0, 0.1) is 0 Å². The van der Waals surface area contributed by atoms with E-state index in [0.29, 0.717) is 6.54 Å². The molecule has 1 fully saturated rings. The number of carbonyl (C=O) groups excluding carboxylic acids is 1. The summed E-state index contributed by atoms with van der Waals surface area (Å²) in [5, 5.41) is 10.1. The number of amides is 1. The van der Waals surface area contributed by atoms with E-state index in [4.69, 9.17) is 0 Å². The van der Waals surface area contributed by atoms with Crippen molar-refractivity contribution in [3.63, 3.8) is 0 Å². The Morgan fingerprint density at radius 3 is 3.27 bits per heavy atom. The third-order valence-corrected chi connectivity index (χ3v) is 2.58. The zero-order chi connectivity index (χ0) is 10.5. The van der Waals surface area contributed by atoms with Gasteiger partial charge in [0, 0.05) is 18.9 Å². The molecule has 0 saturated carbocycles. The second kappa shape index (κ2) is 4.93. The molecule has 1 atom stereocenters. The SMILES string of the molecule is O=C(NCCn1cccn1)[C@H]1CCCN1. The molecule has 0 spiro atoms. The molecule has 1 aromatic heterocycles. The highest BCUT2D eigenvalue weighted by Gasteiger charge is 2.20. The van der Waals surface area contributed by atoms with Crippen molar-refractivity contribution in [1.29, 1.82) is 0 Å². The van der Waals surface area contributed by atoms with Gasteiger partial charge in [0.2, 0.25) is 5.91 Å². The van der Waals surface area contributed by atoms with Crippen molar-refractivity contribution in [2.45, 2.75) is 25.4 Å². The molecule has 0 radical (unpaired) electrons. The lowest BCUT2D eigenvalue weighted by molar-refractivity contribution is -0.122. The molecule has 0 bridgehead atoms. The fourth-order valence-electron chi connectivity index (χ4n) is 1.76. The minimum absolute atomic E-state index is 0.0163. The molecule has 5 heteroatoms. The van der Waals surface area contributed by atoms with Gasteiger partial charge in [-0.1, -0.05) is 0 Å². The van der Waals surface area contributed by atoms with Gasteiger partial charge in [-0.3, -0.25) is 9.48 Å². The van der Waals surface area contributed by atoms with E-state index in [1.165, 1.54) is 0 Å². The maximum atomic E-state index is 11.6. The Balaban J connectivity index is 1.67. The molecule has 1 aliphatic rings. The fourth-order valence-corrected chi connectivity index (χ4v) is 1.76. The van der Waals surface area contributed by atoms with Crippen LogP contribution in [0.5, 0.6) is 0 Å². The van der Waals surface area contributed by atoms with Gasteiger partial charge >= 0.3 is 0 Å². The predicted octanol–water partition coefficient (Wildman–Crippen LogP) is -0.249. The van der Waals surface area contributed by atoms with E-state index >= 15 is 0 Å². The molecule has 2 heterocycles. The van der Waals surface area contributed by atoms with Crippen LogP contribution in [0.15, 0.2) is 18.5 Å². The largest absolute Gasteiger partial charge is 0.353 e. The highest BCUT2D eigenvalue weighted by atomic mass is 16.2. The summed E-state index contributed by atoms with van der Waals surface area (Å²) < 4.78 is 1.81. The molecule has 1 saturated heterocycles. The van der Waals surface area contributed by atoms with Gasteiger partial charge in [-0.25, -0.2) is 0 Å². The molecule has 0 aliphatic carbocycles. The first kappa shape index (κ1) is 10.2. The average Bonchev–Trinajstić information content (AvgIpc) is 2.90. The van der Waals surface area contributed by atoms with Gasteiger partial charge in [-0.2, -0.15) is 5.10 Å². The first-order valence-corrected chi connectivity index (χ1v) is 5.35. The molecule has 82 valence electrons. The molecule has 2 N–H and O–H groups in total. The second-order valence-electron chi connectivity index (χ2n) is 3.71. The molecule has 1 amide bonds. The van der Waals surface area contributed by atoms with Gasteiger partial charge < -0.3 is 10.6 Å². The zero-order valence-electron chi connectivity index (χ0n) is 8.65. The third-order valence-electron chi connectivity index (χ3n) is 2.58. The van der Waals surface area contributed by atoms with Gasteiger partial charge in [0.05, 0.1) is 12.6 Å². The molecule has 2 rings (SSSR count). The minimum atomic E-state index is 0.0163. The van der Waals surface area contributed by atoms with Gasteiger partial charge in [0.15, 0.2) is 0 Å². The fraction of sp³-hybridized carbons (Fsp3) is 0.600. The van der Waals surface area contributed by atoms with Crippen LogP contribution in [0.2, 0.25) is 0 Å². The average molecular weight is 208 g/mol. The van der Waals surface area contributed by atoms with Crippen LogP contribution in [-0.4, -0.2) is 34.8 Å². The van der Waals surface area contributed by atoms with E-state index in [2.05, 4.69) is 15.7 Å². The molecule has 1 aromatic rings. The Bertz CT molecular complexity index is 303. The minimum Gasteiger partial charge on any atom is -0.353 e. The van der Waals surface area contributed by atoms with Crippen LogP contribution >= 0.6 is 0 Å². The number of nitrogens with zero attached hydrogens (tertiary/aromatic N) is 2. The van der Waals surface area contributed by atoms with E-state index in [9.17, 15) is 4.79 Å². The summed E-state index contributed by atoms with van der Waals surface area (Å²) in [5.74, 6) is 0.111. The molecule has 0 unspecified atom stereocenters. The highest BCUT2D eigenvalue weighted by molar-refractivity contribution is 5.81. The Hall–Kier alpha value is -1.36. The number of hydrogen-bond donors (Lipinski definition) is 2. The molecule has 15 heavy (non-hydrogen) atoms. The number of aromatic nitrogens is 2. The molecule has 0 aromatic carbocycles. The Morgan fingerprint density at radius 1 is 1.67 bits per heavy atom.